The van der Waals surface area contributed by atoms with Gasteiger partial charge in [0.1, 0.15) is 12.4 Å². The number of aryl methyl sites for hydroxylation is 1. The Balaban J connectivity index is 1.99. The van der Waals surface area contributed by atoms with Crippen molar-refractivity contribution >= 4 is 11.9 Å². The van der Waals surface area contributed by atoms with Gasteiger partial charge in [-0.2, -0.15) is 0 Å². The zero-order chi connectivity index (χ0) is 15.7. The van der Waals surface area contributed by atoms with E-state index in [0.717, 1.165) is 11.1 Å². The first-order valence-electron chi connectivity index (χ1n) is 6.95. The lowest BCUT2D eigenvalue weighted by atomic mass is 9.93. The molecule has 1 aliphatic heterocycles. The van der Waals surface area contributed by atoms with Gasteiger partial charge in [0.15, 0.2) is 0 Å². The highest BCUT2D eigenvalue weighted by atomic mass is 16.4. The van der Waals surface area contributed by atoms with Crippen LogP contribution in [0.2, 0.25) is 0 Å². The number of fused-ring (bicyclic) bond motifs is 1. The van der Waals surface area contributed by atoms with Gasteiger partial charge in [0.05, 0.1) is 11.3 Å². The molecule has 0 bridgehead atoms. The fourth-order valence-electron chi connectivity index (χ4n) is 2.71. The average molecular weight is 297 g/mol. The van der Waals surface area contributed by atoms with E-state index in [4.69, 9.17) is 0 Å². The van der Waals surface area contributed by atoms with E-state index in [2.05, 4.69) is 9.97 Å². The molecule has 0 fully saturated rings. The Morgan fingerprint density at radius 1 is 1.27 bits per heavy atom. The second kappa shape index (κ2) is 5.55. The highest BCUT2D eigenvalue weighted by Crippen LogP contribution is 2.25. The predicted molar refractivity (Wildman–Crippen MR) is 78.2 cm³/mol. The Morgan fingerprint density at radius 3 is 2.68 bits per heavy atom. The molecule has 112 valence electrons. The fraction of sp³-hybridized carbons (Fsp3) is 0.250. The molecular formula is C16H15N3O3. The van der Waals surface area contributed by atoms with E-state index < -0.39 is 12.0 Å². The van der Waals surface area contributed by atoms with Gasteiger partial charge in [-0.25, -0.2) is 14.8 Å². The van der Waals surface area contributed by atoms with Crippen molar-refractivity contribution in [1.82, 2.24) is 14.9 Å². The van der Waals surface area contributed by atoms with Crippen molar-refractivity contribution in [2.45, 2.75) is 25.9 Å². The number of benzene rings is 1. The van der Waals surface area contributed by atoms with Crippen molar-refractivity contribution in [3.05, 3.63) is 59.2 Å². The highest BCUT2D eigenvalue weighted by Gasteiger charge is 2.35. The standard InChI is InChI=1S/C16H15N3O3/c1-10-13(7-17-9-18-10)15(20)19-8-12-5-3-2-4-11(12)6-14(19)16(21)22/h2-5,7,9,14H,6,8H2,1H3,(H,21,22)/t14-/m1/s1. The van der Waals surface area contributed by atoms with Gasteiger partial charge in [0.2, 0.25) is 0 Å². The third kappa shape index (κ3) is 2.43. The second-order valence-corrected chi connectivity index (χ2v) is 5.28. The third-order valence-electron chi connectivity index (χ3n) is 3.94. The van der Waals surface area contributed by atoms with Crippen LogP contribution in [0.15, 0.2) is 36.8 Å². The number of carbonyl (C=O) groups excluding carboxylic acids is 1. The summed E-state index contributed by atoms with van der Waals surface area (Å²) in [6.07, 6.45) is 3.11. The van der Waals surface area contributed by atoms with Gasteiger partial charge >= 0.3 is 5.97 Å². The van der Waals surface area contributed by atoms with E-state index >= 15 is 0 Å². The summed E-state index contributed by atoms with van der Waals surface area (Å²) in [4.78, 5) is 33.6. The number of hydrogen-bond acceptors (Lipinski definition) is 4. The Kier molecular flexibility index (Phi) is 3.58. The van der Waals surface area contributed by atoms with Crippen molar-refractivity contribution < 1.29 is 14.7 Å². The van der Waals surface area contributed by atoms with Crippen molar-refractivity contribution in [3.63, 3.8) is 0 Å². The molecule has 1 aliphatic rings. The molecule has 0 saturated heterocycles. The molecule has 1 amide bonds. The molecular weight excluding hydrogens is 282 g/mol. The summed E-state index contributed by atoms with van der Waals surface area (Å²) in [5.74, 6) is -1.35. The van der Waals surface area contributed by atoms with Crippen molar-refractivity contribution in [2.75, 3.05) is 0 Å². The fourth-order valence-corrected chi connectivity index (χ4v) is 2.71. The van der Waals surface area contributed by atoms with Gasteiger partial charge < -0.3 is 10.0 Å². The smallest absolute Gasteiger partial charge is 0.326 e. The number of aromatic nitrogens is 2. The van der Waals surface area contributed by atoms with Gasteiger partial charge in [-0.15, -0.1) is 0 Å². The average Bonchev–Trinajstić information content (AvgIpc) is 2.53. The van der Waals surface area contributed by atoms with Crippen LogP contribution in [-0.2, 0) is 17.8 Å². The van der Waals surface area contributed by atoms with Crippen LogP contribution < -0.4 is 0 Å². The molecule has 0 aliphatic carbocycles. The number of carboxylic acids is 1. The summed E-state index contributed by atoms with van der Waals surface area (Å²) in [6, 6.07) is 6.72. The van der Waals surface area contributed by atoms with Crippen LogP contribution in [0, 0.1) is 6.92 Å². The lowest BCUT2D eigenvalue weighted by molar-refractivity contribution is -0.142. The van der Waals surface area contributed by atoms with E-state index in [9.17, 15) is 14.7 Å². The van der Waals surface area contributed by atoms with Gasteiger partial charge in [-0.05, 0) is 18.1 Å². The molecule has 0 spiro atoms. The number of amides is 1. The number of carboxylic acid groups (broad SMARTS) is 1. The minimum atomic E-state index is -1.00. The van der Waals surface area contributed by atoms with Crippen molar-refractivity contribution in [1.29, 1.82) is 0 Å². The molecule has 6 heteroatoms. The molecule has 6 nitrogen and oxygen atoms in total. The molecule has 2 heterocycles. The maximum Gasteiger partial charge on any atom is 0.326 e. The summed E-state index contributed by atoms with van der Waals surface area (Å²) >= 11 is 0. The highest BCUT2D eigenvalue weighted by molar-refractivity contribution is 5.97. The van der Waals surface area contributed by atoms with Crippen molar-refractivity contribution in [3.8, 4) is 0 Å². The third-order valence-corrected chi connectivity index (χ3v) is 3.94. The number of aliphatic carboxylic acids is 1. The predicted octanol–water partition coefficient (Wildman–Crippen LogP) is 1.44. The van der Waals surface area contributed by atoms with Gasteiger partial charge in [-0.3, -0.25) is 4.79 Å². The van der Waals surface area contributed by atoms with E-state index in [1.807, 2.05) is 24.3 Å². The summed E-state index contributed by atoms with van der Waals surface area (Å²) in [5, 5.41) is 9.47. The zero-order valence-electron chi connectivity index (χ0n) is 12.1. The number of rotatable bonds is 2. The van der Waals surface area contributed by atoms with Crippen LogP contribution in [0.3, 0.4) is 0 Å². The first kappa shape index (κ1) is 14.2. The molecule has 3 rings (SSSR count). The molecule has 1 atom stereocenters. The summed E-state index contributed by atoms with van der Waals surface area (Å²) < 4.78 is 0. The summed E-state index contributed by atoms with van der Waals surface area (Å²) in [6.45, 7) is 1.99. The van der Waals surface area contributed by atoms with E-state index in [1.54, 1.807) is 6.92 Å². The number of hydrogen-bond donors (Lipinski definition) is 1. The SMILES string of the molecule is Cc1ncncc1C(=O)N1Cc2ccccc2C[C@@H]1C(=O)O. The molecule has 1 N–H and O–H groups in total. The van der Waals surface area contributed by atoms with Crippen LogP contribution in [0.25, 0.3) is 0 Å². The normalized spacial score (nSPS) is 17.0. The minimum Gasteiger partial charge on any atom is -0.480 e. The Labute approximate surface area is 127 Å². The van der Waals surface area contributed by atoms with Crippen LogP contribution >= 0.6 is 0 Å². The largest absolute Gasteiger partial charge is 0.480 e. The number of nitrogens with zero attached hydrogens (tertiary/aromatic N) is 3. The lowest BCUT2D eigenvalue weighted by Crippen LogP contribution is -2.48. The van der Waals surface area contributed by atoms with Crippen LogP contribution in [-0.4, -0.2) is 37.9 Å². The van der Waals surface area contributed by atoms with Crippen LogP contribution in [0.5, 0.6) is 0 Å². The lowest BCUT2D eigenvalue weighted by Gasteiger charge is -2.34. The molecule has 0 saturated carbocycles. The molecule has 22 heavy (non-hydrogen) atoms. The maximum atomic E-state index is 12.7. The molecule has 0 radical (unpaired) electrons. The molecule has 1 aromatic heterocycles. The number of carbonyl (C=O) groups is 2. The molecule has 2 aromatic rings. The van der Waals surface area contributed by atoms with E-state index in [0.29, 0.717) is 17.7 Å². The van der Waals surface area contributed by atoms with Gasteiger partial charge in [0, 0.05) is 19.2 Å². The van der Waals surface area contributed by atoms with Gasteiger partial charge in [-0.1, -0.05) is 24.3 Å². The van der Waals surface area contributed by atoms with Gasteiger partial charge in [0.25, 0.3) is 5.91 Å². The maximum absolute atomic E-state index is 12.7. The Bertz CT molecular complexity index is 745. The second-order valence-electron chi connectivity index (χ2n) is 5.28. The molecule has 1 aromatic carbocycles. The minimum absolute atomic E-state index is 0.278. The molecule has 0 unspecified atom stereocenters. The quantitative estimate of drug-likeness (QED) is 0.906. The topological polar surface area (TPSA) is 83.4 Å². The van der Waals surface area contributed by atoms with E-state index in [-0.39, 0.29) is 12.5 Å². The summed E-state index contributed by atoms with van der Waals surface area (Å²) in [7, 11) is 0. The zero-order valence-corrected chi connectivity index (χ0v) is 12.1. The first-order chi connectivity index (χ1) is 10.6. The Morgan fingerprint density at radius 2 is 2.00 bits per heavy atom. The van der Waals surface area contributed by atoms with Crippen LogP contribution in [0.1, 0.15) is 27.2 Å². The van der Waals surface area contributed by atoms with E-state index in [1.165, 1.54) is 17.4 Å². The Hall–Kier alpha value is -2.76. The first-order valence-corrected chi connectivity index (χ1v) is 6.95. The van der Waals surface area contributed by atoms with Crippen molar-refractivity contribution in [2.24, 2.45) is 0 Å². The monoisotopic (exact) mass is 297 g/mol. The summed E-state index contributed by atoms with van der Waals surface area (Å²) in [5.41, 5.74) is 2.83. The van der Waals surface area contributed by atoms with Crippen LogP contribution in [0.4, 0.5) is 0 Å².